The second-order valence-electron chi connectivity index (χ2n) is 5.93. The molecular weight excluding hydrogens is 345 g/mol. The van der Waals surface area contributed by atoms with Crippen LogP contribution in [0.1, 0.15) is 31.7 Å². The van der Waals surface area contributed by atoms with Crippen LogP contribution in [0.5, 0.6) is 0 Å². The Hall–Kier alpha value is -1.37. The van der Waals surface area contributed by atoms with Crippen molar-refractivity contribution in [1.29, 1.82) is 0 Å². The zero-order chi connectivity index (χ0) is 17.9. The highest BCUT2D eigenvalue weighted by atomic mass is 35.5. The van der Waals surface area contributed by atoms with Gasteiger partial charge in [-0.15, -0.1) is 0 Å². The highest BCUT2D eigenvalue weighted by Gasteiger charge is 2.14. The van der Waals surface area contributed by atoms with Crippen LogP contribution in [0.15, 0.2) is 23.2 Å². The maximum atomic E-state index is 13.2. The van der Waals surface area contributed by atoms with Crippen LogP contribution < -0.4 is 10.6 Å². The number of halogens is 2. The van der Waals surface area contributed by atoms with E-state index in [1.807, 2.05) is 6.92 Å². The first-order valence-electron chi connectivity index (χ1n) is 8.84. The second-order valence-corrected chi connectivity index (χ2v) is 6.34. The van der Waals surface area contributed by atoms with Crippen LogP contribution in [0.3, 0.4) is 0 Å². The predicted molar refractivity (Wildman–Crippen MR) is 98.6 cm³/mol. The summed E-state index contributed by atoms with van der Waals surface area (Å²) in [6.07, 6.45) is 3.40. The molecule has 1 saturated heterocycles. The van der Waals surface area contributed by atoms with Gasteiger partial charge in [-0.1, -0.05) is 17.7 Å². The molecule has 7 heteroatoms. The number of rotatable bonds is 9. The Morgan fingerprint density at radius 2 is 2.32 bits per heavy atom. The zero-order valence-electron chi connectivity index (χ0n) is 14.7. The van der Waals surface area contributed by atoms with Gasteiger partial charge in [0.05, 0.1) is 24.3 Å². The fourth-order valence-corrected chi connectivity index (χ4v) is 2.72. The van der Waals surface area contributed by atoms with E-state index in [9.17, 15) is 4.39 Å². The minimum atomic E-state index is -0.414. The molecule has 2 N–H and O–H groups in total. The summed E-state index contributed by atoms with van der Waals surface area (Å²) in [4.78, 5) is 4.49. The zero-order valence-corrected chi connectivity index (χ0v) is 15.4. The number of benzene rings is 1. The first-order valence-corrected chi connectivity index (χ1v) is 9.22. The average molecular weight is 372 g/mol. The molecule has 1 aliphatic heterocycles. The molecule has 5 nitrogen and oxygen atoms in total. The monoisotopic (exact) mass is 371 g/mol. The van der Waals surface area contributed by atoms with Crippen LogP contribution in [-0.4, -0.2) is 45.0 Å². The van der Waals surface area contributed by atoms with Crippen LogP contribution in [0.4, 0.5) is 4.39 Å². The van der Waals surface area contributed by atoms with E-state index in [0.717, 1.165) is 50.5 Å². The van der Waals surface area contributed by atoms with Crippen LogP contribution in [0.2, 0.25) is 5.02 Å². The molecular formula is C18H27ClFN3O2. The SMILES string of the molecule is CCNC(=NCc1ccc(F)c(Cl)c1)NCCCOCC1CCCO1. The van der Waals surface area contributed by atoms with Gasteiger partial charge in [0.15, 0.2) is 5.96 Å². The lowest BCUT2D eigenvalue weighted by molar-refractivity contribution is 0.0168. The molecule has 1 atom stereocenters. The maximum Gasteiger partial charge on any atom is 0.191 e. The van der Waals surface area contributed by atoms with E-state index in [2.05, 4.69) is 15.6 Å². The van der Waals surface area contributed by atoms with Crippen molar-refractivity contribution < 1.29 is 13.9 Å². The van der Waals surface area contributed by atoms with Crippen molar-refractivity contribution in [3.05, 3.63) is 34.6 Å². The first kappa shape index (κ1) is 19.9. The highest BCUT2D eigenvalue weighted by Crippen LogP contribution is 2.16. The van der Waals surface area contributed by atoms with Gasteiger partial charge in [0.1, 0.15) is 5.82 Å². The number of nitrogens with zero attached hydrogens (tertiary/aromatic N) is 1. The minimum absolute atomic E-state index is 0.119. The van der Waals surface area contributed by atoms with Crippen molar-refractivity contribution in [1.82, 2.24) is 10.6 Å². The molecule has 1 heterocycles. The van der Waals surface area contributed by atoms with Crippen molar-refractivity contribution in [2.45, 2.75) is 38.8 Å². The minimum Gasteiger partial charge on any atom is -0.379 e. The lowest BCUT2D eigenvalue weighted by Gasteiger charge is -2.12. The van der Waals surface area contributed by atoms with Crippen LogP contribution >= 0.6 is 11.6 Å². The Labute approximate surface area is 153 Å². The number of hydrogen-bond donors (Lipinski definition) is 2. The van der Waals surface area contributed by atoms with Crippen molar-refractivity contribution in [2.24, 2.45) is 4.99 Å². The fraction of sp³-hybridized carbons (Fsp3) is 0.611. The summed E-state index contributed by atoms with van der Waals surface area (Å²) in [7, 11) is 0. The molecule has 0 aromatic heterocycles. The third-order valence-electron chi connectivity index (χ3n) is 3.83. The third kappa shape index (κ3) is 7.59. The van der Waals surface area contributed by atoms with Crippen LogP contribution in [0.25, 0.3) is 0 Å². The highest BCUT2D eigenvalue weighted by molar-refractivity contribution is 6.30. The van der Waals surface area contributed by atoms with Crippen molar-refractivity contribution in [2.75, 3.05) is 32.9 Å². The van der Waals surface area contributed by atoms with Crippen LogP contribution in [0, 0.1) is 5.82 Å². The van der Waals surface area contributed by atoms with Crippen molar-refractivity contribution in [3.8, 4) is 0 Å². The van der Waals surface area contributed by atoms with E-state index >= 15 is 0 Å². The molecule has 0 amide bonds. The van der Waals surface area contributed by atoms with E-state index in [-0.39, 0.29) is 11.1 Å². The predicted octanol–water partition coefficient (Wildman–Crippen LogP) is 3.12. The normalized spacial score (nSPS) is 17.7. The van der Waals surface area contributed by atoms with Gasteiger partial charge in [-0.25, -0.2) is 9.38 Å². The summed E-state index contributed by atoms with van der Waals surface area (Å²) < 4.78 is 24.3. The molecule has 0 aliphatic carbocycles. The summed E-state index contributed by atoms with van der Waals surface area (Å²) in [5.41, 5.74) is 0.864. The van der Waals surface area contributed by atoms with E-state index in [1.54, 1.807) is 12.1 Å². The molecule has 0 spiro atoms. The van der Waals surface area contributed by atoms with Gasteiger partial charge in [0.25, 0.3) is 0 Å². The topological polar surface area (TPSA) is 54.9 Å². The second kappa shape index (κ2) is 11.3. The standard InChI is InChI=1S/C18H27ClFN3O2/c1-2-21-18(23-12-14-6-7-17(20)16(19)11-14)22-8-4-9-24-13-15-5-3-10-25-15/h6-7,11,15H,2-5,8-10,12-13H2,1H3,(H2,21,22,23). The average Bonchev–Trinajstić information content (AvgIpc) is 3.12. The van der Waals surface area contributed by atoms with Gasteiger partial charge in [-0.2, -0.15) is 0 Å². The Kier molecular flexibility index (Phi) is 9.00. The molecule has 0 radical (unpaired) electrons. The lowest BCUT2D eigenvalue weighted by atomic mass is 10.2. The Morgan fingerprint density at radius 1 is 1.44 bits per heavy atom. The summed E-state index contributed by atoms with van der Waals surface area (Å²) in [6.45, 7) is 6.21. The molecule has 1 aromatic rings. The van der Waals surface area contributed by atoms with Crippen molar-refractivity contribution in [3.63, 3.8) is 0 Å². The maximum absolute atomic E-state index is 13.2. The molecule has 0 bridgehead atoms. The number of nitrogens with one attached hydrogen (secondary N) is 2. The van der Waals surface area contributed by atoms with Crippen LogP contribution in [-0.2, 0) is 16.0 Å². The summed E-state index contributed by atoms with van der Waals surface area (Å²) >= 11 is 5.79. The van der Waals surface area contributed by atoms with Gasteiger partial charge >= 0.3 is 0 Å². The molecule has 2 rings (SSSR count). The van der Waals surface area contributed by atoms with E-state index in [4.69, 9.17) is 21.1 Å². The molecule has 0 saturated carbocycles. The van der Waals surface area contributed by atoms with E-state index in [1.165, 1.54) is 6.07 Å². The molecule has 1 aromatic carbocycles. The number of ether oxygens (including phenoxy) is 2. The summed E-state index contributed by atoms with van der Waals surface area (Å²) in [5, 5.41) is 6.57. The first-order chi connectivity index (χ1) is 12.2. The fourth-order valence-electron chi connectivity index (χ4n) is 2.52. The Bertz CT molecular complexity index is 551. The number of guanidine groups is 1. The van der Waals surface area contributed by atoms with Gasteiger partial charge in [-0.3, -0.25) is 0 Å². The van der Waals surface area contributed by atoms with Gasteiger partial charge in [-0.05, 0) is 43.9 Å². The molecule has 140 valence electrons. The number of hydrogen-bond acceptors (Lipinski definition) is 3. The molecule has 1 fully saturated rings. The van der Waals surface area contributed by atoms with E-state index in [0.29, 0.717) is 19.8 Å². The number of aliphatic imine (C=N–C) groups is 1. The smallest absolute Gasteiger partial charge is 0.191 e. The lowest BCUT2D eigenvalue weighted by Crippen LogP contribution is -2.38. The van der Waals surface area contributed by atoms with E-state index < -0.39 is 5.82 Å². The summed E-state index contributed by atoms with van der Waals surface area (Å²) in [5.74, 6) is 0.310. The molecule has 1 unspecified atom stereocenters. The largest absolute Gasteiger partial charge is 0.379 e. The molecule has 1 aliphatic rings. The Balaban J connectivity index is 1.67. The van der Waals surface area contributed by atoms with Crippen molar-refractivity contribution >= 4 is 17.6 Å². The van der Waals surface area contributed by atoms with Gasteiger partial charge in [0.2, 0.25) is 0 Å². The summed E-state index contributed by atoms with van der Waals surface area (Å²) in [6, 6.07) is 4.65. The Morgan fingerprint density at radius 3 is 3.04 bits per heavy atom. The molecule has 25 heavy (non-hydrogen) atoms. The third-order valence-corrected chi connectivity index (χ3v) is 4.12. The quantitative estimate of drug-likeness (QED) is 0.398. The van der Waals surface area contributed by atoms with Gasteiger partial charge < -0.3 is 20.1 Å². The van der Waals surface area contributed by atoms with Gasteiger partial charge in [0, 0.05) is 26.3 Å².